The van der Waals surface area contributed by atoms with Crippen molar-refractivity contribution in [3.8, 4) is 11.6 Å². The Kier molecular flexibility index (Phi) is 4.14. The monoisotopic (exact) mass is 452 g/mol. The molecule has 2 heterocycles. The van der Waals surface area contributed by atoms with Crippen LogP contribution in [0.3, 0.4) is 0 Å². The van der Waals surface area contributed by atoms with E-state index >= 15 is 0 Å². The highest BCUT2D eigenvalue weighted by molar-refractivity contribution is 14.1. The van der Waals surface area contributed by atoms with Gasteiger partial charge in [0.05, 0.1) is 9.26 Å². The van der Waals surface area contributed by atoms with E-state index in [2.05, 4.69) is 48.5 Å². The summed E-state index contributed by atoms with van der Waals surface area (Å²) in [6.07, 6.45) is 4.91. The second-order valence-electron chi connectivity index (χ2n) is 4.62. The van der Waals surface area contributed by atoms with Crippen LogP contribution in [0.1, 0.15) is 37.3 Å². The third-order valence-corrected chi connectivity index (χ3v) is 5.45. The number of furan rings is 1. The maximum absolute atomic E-state index is 6.24. The van der Waals surface area contributed by atoms with E-state index in [9.17, 15) is 0 Å². The van der Waals surface area contributed by atoms with Gasteiger partial charge in [0.15, 0.2) is 16.3 Å². The lowest BCUT2D eigenvalue weighted by Crippen LogP contribution is -2.04. The molecule has 0 N–H and O–H groups in total. The molecule has 19 heavy (non-hydrogen) atoms. The van der Waals surface area contributed by atoms with Crippen LogP contribution in [-0.2, 0) is 0 Å². The van der Waals surface area contributed by atoms with Crippen molar-refractivity contribution in [1.82, 2.24) is 9.97 Å². The lowest BCUT2D eigenvalue weighted by Gasteiger charge is -2.12. The van der Waals surface area contributed by atoms with Crippen molar-refractivity contribution in [3.05, 3.63) is 31.2 Å². The quantitative estimate of drug-likeness (QED) is 0.451. The van der Waals surface area contributed by atoms with E-state index in [1.807, 2.05) is 12.1 Å². The molecule has 0 unspecified atom stereocenters. The third kappa shape index (κ3) is 2.83. The summed E-state index contributed by atoms with van der Waals surface area (Å²) in [6, 6.07) is 3.68. The molecule has 100 valence electrons. The zero-order valence-corrected chi connectivity index (χ0v) is 14.5. The number of aromatic nitrogens is 2. The van der Waals surface area contributed by atoms with Gasteiger partial charge in [0.2, 0.25) is 0 Å². The summed E-state index contributed by atoms with van der Waals surface area (Å²) >= 11 is 11.8. The molecule has 0 aliphatic heterocycles. The summed E-state index contributed by atoms with van der Waals surface area (Å²) in [5.74, 6) is 1.71. The van der Waals surface area contributed by atoms with Crippen LogP contribution >= 0.6 is 50.1 Å². The van der Waals surface area contributed by atoms with Crippen molar-refractivity contribution in [1.29, 1.82) is 0 Å². The minimum atomic E-state index is 0.504. The Balaban J connectivity index is 2.06. The summed E-state index contributed by atoms with van der Waals surface area (Å²) < 4.78 is 7.15. The predicted molar refractivity (Wildman–Crippen MR) is 86.4 cm³/mol. The molecule has 2 aromatic heterocycles. The fraction of sp³-hybridized carbons (Fsp3) is 0.385. The van der Waals surface area contributed by atoms with Crippen LogP contribution in [-0.4, -0.2) is 9.97 Å². The lowest BCUT2D eigenvalue weighted by molar-refractivity contribution is 0.550. The third-order valence-electron chi connectivity index (χ3n) is 3.37. The van der Waals surface area contributed by atoms with Crippen molar-refractivity contribution >= 4 is 50.1 Å². The molecule has 0 amide bonds. The summed E-state index contributed by atoms with van der Waals surface area (Å²) in [4.78, 5) is 9.00. The Hall–Kier alpha value is -0.140. The second kappa shape index (κ2) is 5.69. The number of rotatable bonds is 2. The molecule has 3 nitrogen and oxygen atoms in total. The average molecular weight is 454 g/mol. The van der Waals surface area contributed by atoms with Crippen molar-refractivity contribution in [2.24, 2.45) is 0 Å². The highest BCUT2D eigenvalue weighted by Crippen LogP contribution is 2.38. The first kappa shape index (κ1) is 13.8. The van der Waals surface area contributed by atoms with Gasteiger partial charge < -0.3 is 4.42 Å². The van der Waals surface area contributed by atoms with E-state index in [1.54, 1.807) is 0 Å². The molecule has 2 aromatic rings. The Morgan fingerprint density at radius 1 is 1.26 bits per heavy atom. The van der Waals surface area contributed by atoms with Gasteiger partial charge >= 0.3 is 0 Å². The van der Waals surface area contributed by atoms with Crippen LogP contribution < -0.4 is 0 Å². The van der Waals surface area contributed by atoms with Gasteiger partial charge in [0.1, 0.15) is 5.15 Å². The minimum absolute atomic E-state index is 0.504. The first-order valence-electron chi connectivity index (χ1n) is 6.14. The lowest BCUT2D eigenvalue weighted by atomic mass is 10.0. The average Bonchev–Trinajstić information content (AvgIpc) is 3.03. The van der Waals surface area contributed by atoms with E-state index in [0.29, 0.717) is 27.3 Å². The fourth-order valence-corrected chi connectivity index (χ4v) is 3.62. The van der Waals surface area contributed by atoms with Gasteiger partial charge in [-0.15, -0.1) is 0 Å². The topological polar surface area (TPSA) is 38.9 Å². The Morgan fingerprint density at radius 2 is 2.00 bits per heavy atom. The van der Waals surface area contributed by atoms with Gasteiger partial charge in [-0.2, -0.15) is 0 Å². The maximum atomic E-state index is 6.24. The number of hydrogen-bond acceptors (Lipinski definition) is 3. The van der Waals surface area contributed by atoms with Crippen LogP contribution in [0.5, 0.6) is 0 Å². The zero-order chi connectivity index (χ0) is 13.4. The van der Waals surface area contributed by atoms with Crippen LogP contribution in [0.4, 0.5) is 0 Å². The number of hydrogen-bond donors (Lipinski definition) is 0. The van der Waals surface area contributed by atoms with Gasteiger partial charge in [-0.1, -0.05) is 24.4 Å². The molecule has 0 aromatic carbocycles. The maximum Gasteiger partial charge on any atom is 0.197 e. The van der Waals surface area contributed by atoms with Crippen molar-refractivity contribution in [3.63, 3.8) is 0 Å². The molecule has 0 saturated heterocycles. The molecule has 1 aliphatic carbocycles. The van der Waals surface area contributed by atoms with Crippen molar-refractivity contribution in [2.45, 2.75) is 31.6 Å². The molecular weight excluding hydrogens is 442 g/mol. The molecule has 0 radical (unpaired) electrons. The van der Waals surface area contributed by atoms with Gasteiger partial charge in [-0.25, -0.2) is 9.97 Å². The van der Waals surface area contributed by atoms with E-state index in [1.165, 1.54) is 25.7 Å². The molecule has 1 fully saturated rings. The van der Waals surface area contributed by atoms with E-state index in [-0.39, 0.29) is 0 Å². The Morgan fingerprint density at radius 3 is 2.63 bits per heavy atom. The van der Waals surface area contributed by atoms with Gasteiger partial charge in [0, 0.05) is 5.92 Å². The largest absolute Gasteiger partial charge is 0.446 e. The minimum Gasteiger partial charge on any atom is -0.446 e. The van der Waals surface area contributed by atoms with E-state index < -0.39 is 0 Å². The van der Waals surface area contributed by atoms with Crippen LogP contribution in [0, 0.1) is 3.57 Å². The Bertz CT molecular complexity index is 611. The molecule has 1 aliphatic rings. The summed E-state index contributed by atoms with van der Waals surface area (Å²) in [7, 11) is 0. The number of halogens is 3. The first-order chi connectivity index (χ1) is 9.15. The highest BCUT2D eigenvalue weighted by Gasteiger charge is 2.24. The van der Waals surface area contributed by atoms with Gasteiger partial charge in [-0.05, 0) is 63.5 Å². The zero-order valence-electron chi connectivity index (χ0n) is 10.00. The molecule has 0 bridgehead atoms. The van der Waals surface area contributed by atoms with E-state index in [4.69, 9.17) is 16.0 Å². The smallest absolute Gasteiger partial charge is 0.197 e. The highest BCUT2D eigenvalue weighted by atomic mass is 127. The van der Waals surface area contributed by atoms with Crippen LogP contribution in [0.15, 0.2) is 21.2 Å². The normalized spacial score (nSPS) is 16.2. The fourth-order valence-electron chi connectivity index (χ4n) is 2.45. The first-order valence-corrected chi connectivity index (χ1v) is 8.39. The van der Waals surface area contributed by atoms with Gasteiger partial charge in [-0.3, -0.25) is 0 Å². The molecule has 6 heteroatoms. The molecule has 1 saturated carbocycles. The van der Waals surface area contributed by atoms with Crippen LogP contribution in [0.2, 0.25) is 5.15 Å². The molecule has 0 atom stereocenters. The predicted octanol–water partition coefficient (Wildman–Crippen LogP) is 5.41. The van der Waals surface area contributed by atoms with Crippen LogP contribution in [0.25, 0.3) is 11.6 Å². The summed E-state index contributed by atoms with van der Waals surface area (Å²) in [6.45, 7) is 0. The molecule has 3 rings (SSSR count). The summed E-state index contributed by atoms with van der Waals surface area (Å²) in [5.41, 5.74) is 1.07. The van der Waals surface area contributed by atoms with E-state index in [0.717, 1.165) is 9.26 Å². The number of nitrogens with zero attached hydrogens (tertiary/aromatic N) is 2. The van der Waals surface area contributed by atoms with Crippen molar-refractivity contribution in [2.75, 3.05) is 0 Å². The molecular formula is C13H11BrClIN2O. The Labute approximate surface area is 138 Å². The van der Waals surface area contributed by atoms with Crippen molar-refractivity contribution < 1.29 is 4.42 Å². The second-order valence-corrected chi connectivity index (χ2v) is 6.84. The summed E-state index contributed by atoms with van der Waals surface area (Å²) in [5, 5.41) is 0.514. The SMILES string of the molecule is Clc1nc(-c2ccc(Br)o2)nc(C2CCCC2)c1I. The molecule has 0 spiro atoms. The van der Waals surface area contributed by atoms with Gasteiger partial charge in [0.25, 0.3) is 0 Å². The standard InChI is InChI=1S/C13H11BrClIN2O/c14-9-6-5-8(19-9)13-17-11(7-3-1-2-4-7)10(16)12(15)18-13/h5-7H,1-4H2.